The van der Waals surface area contributed by atoms with Crippen LogP contribution in [0.1, 0.15) is 271 Å². The first-order chi connectivity index (χ1) is 33.5. The monoisotopic (exact) mass is 947 g/mol. The Morgan fingerprint density at radius 3 is 1.03 bits per heavy atom. The maximum atomic E-state index is 12.7. The first kappa shape index (κ1) is 64.6. The summed E-state index contributed by atoms with van der Waals surface area (Å²) in [5, 5.41) is 0. The topological polar surface area (TPSA) is 78.9 Å². The maximum absolute atomic E-state index is 12.7. The van der Waals surface area contributed by atoms with Gasteiger partial charge in [-0.1, -0.05) is 241 Å². The van der Waals surface area contributed by atoms with Crippen molar-refractivity contribution in [1.82, 2.24) is 0 Å². The normalized spacial score (nSPS) is 12.7. The van der Waals surface area contributed by atoms with Crippen LogP contribution in [-0.4, -0.2) is 37.2 Å². The van der Waals surface area contributed by atoms with Crippen molar-refractivity contribution in [2.75, 3.05) is 13.2 Å². The third-order valence-corrected chi connectivity index (χ3v) is 12.1. The Labute approximate surface area is 420 Å². The molecule has 0 aliphatic rings. The van der Waals surface area contributed by atoms with Crippen LogP contribution < -0.4 is 0 Å². The molecule has 390 valence electrons. The van der Waals surface area contributed by atoms with Crippen molar-refractivity contribution in [3.8, 4) is 0 Å². The number of ether oxygens (including phenoxy) is 3. The van der Waals surface area contributed by atoms with E-state index in [1.165, 1.54) is 135 Å². The summed E-state index contributed by atoms with van der Waals surface area (Å²) in [6, 6.07) is 0. The summed E-state index contributed by atoms with van der Waals surface area (Å²) in [5.41, 5.74) is 0. The largest absolute Gasteiger partial charge is 0.462 e. The minimum Gasteiger partial charge on any atom is -0.462 e. The van der Waals surface area contributed by atoms with Gasteiger partial charge in [0.15, 0.2) is 6.10 Å². The number of hydrogen-bond donors (Lipinski definition) is 0. The molecular formula is C62H106O6. The number of allylic oxidation sites excluding steroid dienone is 14. The standard InChI is InChI=1S/C62H106O6/c1-4-7-10-13-16-19-22-24-25-26-27-28-29-30-31-32-33-34-35-36-37-39-40-43-46-49-52-55-61(64)67-58-59(57-66-60(63)54-51-48-45-42-21-18-15-12-9-6-3)68-62(65)56-53-50-47-44-41-38-23-20-17-14-11-8-5-2/h8,11-12,15,17,20,22,24,26-27,38,41,47,50,59H,4-7,9-10,13-14,16,18-19,21,23,25,28-37,39-40,42-46,48-49,51-58H2,1-3H3/b11-8-,15-12-,20-17-,24-22-,27-26-,41-38-,50-47-. The van der Waals surface area contributed by atoms with Gasteiger partial charge in [0.2, 0.25) is 0 Å². The number of rotatable bonds is 51. The van der Waals surface area contributed by atoms with E-state index in [0.717, 1.165) is 89.9 Å². The second-order valence-electron chi connectivity index (χ2n) is 18.8. The molecule has 0 rings (SSSR count). The fraction of sp³-hybridized carbons (Fsp3) is 0.726. The average molecular weight is 948 g/mol. The Bertz CT molecular complexity index is 1320. The highest BCUT2D eigenvalue weighted by Crippen LogP contribution is 2.15. The first-order valence-electron chi connectivity index (χ1n) is 28.6. The summed E-state index contributed by atoms with van der Waals surface area (Å²) in [7, 11) is 0. The smallest absolute Gasteiger partial charge is 0.306 e. The van der Waals surface area contributed by atoms with Gasteiger partial charge >= 0.3 is 17.9 Å². The highest BCUT2D eigenvalue weighted by atomic mass is 16.6. The van der Waals surface area contributed by atoms with Gasteiger partial charge < -0.3 is 14.2 Å². The quantitative estimate of drug-likeness (QED) is 0.0262. The summed E-state index contributed by atoms with van der Waals surface area (Å²) in [4.78, 5) is 37.9. The summed E-state index contributed by atoms with van der Waals surface area (Å²) in [5.74, 6) is -0.999. The minimum absolute atomic E-state index is 0.107. The average Bonchev–Trinajstić information content (AvgIpc) is 3.34. The van der Waals surface area contributed by atoms with Crippen molar-refractivity contribution in [2.45, 2.75) is 277 Å². The van der Waals surface area contributed by atoms with E-state index in [2.05, 4.69) is 93.7 Å². The van der Waals surface area contributed by atoms with Gasteiger partial charge in [0.05, 0.1) is 0 Å². The number of carbonyl (C=O) groups is 3. The van der Waals surface area contributed by atoms with Crippen molar-refractivity contribution in [2.24, 2.45) is 0 Å². The van der Waals surface area contributed by atoms with Crippen molar-refractivity contribution in [3.05, 3.63) is 85.1 Å². The van der Waals surface area contributed by atoms with E-state index >= 15 is 0 Å². The van der Waals surface area contributed by atoms with E-state index in [-0.39, 0.29) is 31.6 Å². The lowest BCUT2D eigenvalue weighted by molar-refractivity contribution is -0.166. The van der Waals surface area contributed by atoms with E-state index in [9.17, 15) is 14.4 Å². The van der Waals surface area contributed by atoms with Gasteiger partial charge in [-0.15, -0.1) is 0 Å². The predicted molar refractivity (Wildman–Crippen MR) is 293 cm³/mol. The van der Waals surface area contributed by atoms with Crippen LogP contribution in [0, 0.1) is 0 Å². The summed E-state index contributed by atoms with van der Waals surface area (Å²) in [6.07, 6.45) is 73.3. The van der Waals surface area contributed by atoms with Gasteiger partial charge in [-0.3, -0.25) is 14.4 Å². The molecular weight excluding hydrogens is 841 g/mol. The second kappa shape index (κ2) is 56.2. The molecule has 0 aromatic carbocycles. The molecule has 0 aliphatic carbocycles. The molecule has 0 N–H and O–H groups in total. The molecule has 0 bridgehead atoms. The molecule has 1 atom stereocenters. The fourth-order valence-corrected chi connectivity index (χ4v) is 7.84. The van der Waals surface area contributed by atoms with Crippen molar-refractivity contribution in [1.29, 1.82) is 0 Å². The number of hydrogen-bond acceptors (Lipinski definition) is 6. The zero-order chi connectivity index (χ0) is 49.3. The van der Waals surface area contributed by atoms with Crippen LogP contribution in [0.2, 0.25) is 0 Å². The third-order valence-electron chi connectivity index (χ3n) is 12.1. The van der Waals surface area contributed by atoms with Crippen molar-refractivity contribution >= 4 is 17.9 Å². The minimum atomic E-state index is -0.816. The Balaban J connectivity index is 4.21. The predicted octanol–water partition coefficient (Wildman–Crippen LogP) is 19.2. The van der Waals surface area contributed by atoms with Crippen LogP contribution in [-0.2, 0) is 28.6 Å². The number of unbranched alkanes of at least 4 members (excludes halogenated alkanes) is 26. The Hall–Kier alpha value is -3.41. The highest BCUT2D eigenvalue weighted by molar-refractivity contribution is 5.71. The maximum Gasteiger partial charge on any atom is 0.306 e. The van der Waals surface area contributed by atoms with Crippen molar-refractivity contribution in [3.63, 3.8) is 0 Å². The van der Waals surface area contributed by atoms with Crippen LogP contribution in [0.25, 0.3) is 0 Å². The van der Waals surface area contributed by atoms with Gasteiger partial charge in [0, 0.05) is 19.3 Å². The molecule has 0 saturated carbocycles. The molecule has 6 nitrogen and oxygen atoms in total. The van der Waals surface area contributed by atoms with Gasteiger partial charge in [0.25, 0.3) is 0 Å². The van der Waals surface area contributed by atoms with Crippen LogP contribution in [0.5, 0.6) is 0 Å². The van der Waals surface area contributed by atoms with E-state index in [1.807, 2.05) is 12.2 Å². The summed E-state index contributed by atoms with van der Waals surface area (Å²) >= 11 is 0. The molecule has 0 aromatic rings. The second-order valence-corrected chi connectivity index (χ2v) is 18.8. The van der Waals surface area contributed by atoms with Gasteiger partial charge in [-0.05, 0) is 96.3 Å². The third kappa shape index (κ3) is 53.5. The molecule has 0 radical (unpaired) electrons. The molecule has 0 heterocycles. The molecule has 0 aromatic heterocycles. The zero-order valence-electron chi connectivity index (χ0n) is 44.6. The van der Waals surface area contributed by atoms with Crippen LogP contribution >= 0.6 is 0 Å². The molecule has 0 spiro atoms. The van der Waals surface area contributed by atoms with Gasteiger partial charge in [-0.25, -0.2) is 0 Å². The Morgan fingerprint density at radius 1 is 0.309 bits per heavy atom. The van der Waals surface area contributed by atoms with Crippen molar-refractivity contribution < 1.29 is 28.6 Å². The lowest BCUT2D eigenvalue weighted by Crippen LogP contribution is -2.30. The van der Waals surface area contributed by atoms with Gasteiger partial charge in [0.1, 0.15) is 13.2 Å². The molecule has 6 heteroatoms. The summed E-state index contributed by atoms with van der Waals surface area (Å²) in [6.45, 7) is 6.39. The number of esters is 3. The van der Waals surface area contributed by atoms with E-state index in [0.29, 0.717) is 19.3 Å². The van der Waals surface area contributed by atoms with E-state index in [4.69, 9.17) is 14.2 Å². The molecule has 1 unspecified atom stereocenters. The SMILES string of the molecule is CC/C=C\C/C=C\C/C=C\C/C=C\CCC(=O)OC(COC(=O)CCCCCCC/C=C\CCC)COC(=O)CCCCCCCCCCCCCCCCC/C=C\C/C=C\CCCCCCC. The Morgan fingerprint density at radius 2 is 0.632 bits per heavy atom. The van der Waals surface area contributed by atoms with Crippen LogP contribution in [0.15, 0.2) is 85.1 Å². The molecule has 0 fully saturated rings. The highest BCUT2D eigenvalue weighted by Gasteiger charge is 2.19. The summed E-state index contributed by atoms with van der Waals surface area (Å²) < 4.78 is 16.7. The van der Waals surface area contributed by atoms with E-state index < -0.39 is 12.1 Å². The van der Waals surface area contributed by atoms with Crippen LogP contribution in [0.4, 0.5) is 0 Å². The lowest BCUT2D eigenvalue weighted by Gasteiger charge is -2.18. The first-order valence-corrected chi connectivity index (χ1v) is 28.6. The zero-order valence-corrected chi connectivity index (χ0v) is 44.6. The molecule has 68 heavy (non-hydrogen) atoms. The number of carbonyl (C=O) groups excluding carboxylic acids is 3. The van der Waals surface area contributed by atoms with E-state index in [1.54, 1.807) is 0 Å². The Kier molecular flexibility index (Phi) is 53.4. The lowest BCUT2D eigenvalue weighted by atomic mass is 10.0. The van der Waals surface area contributed by atoms with Gasteiger partial charge in [-0.2, -0.15) is 0 Å². The molecule has 0 amide bonds. The molecule has 0 aliphatic heterocycles. The van der Waals surface area contributed by atoms with Crippen LogP contribution in [0.3, 0.4) is 0 Å². The fourth-order valence-electron chi connectivity index (χ4n) is 7.84. The molecule has 0 saturated heterocycles.